The minimum atomic E-state index is -0.607. The van der Waals surface area contributed by atoms with Crippen LogP contribution in [0.3, 0.4) is 0 Å². The molecule has 3 rings (SSSR count). The summed E-state index contributed by atoms with van der Waals surface area (Å²) in [6.45, 7) is 1.10. The number of benzene rings is 1. The third-order valence-corrected chi connectivity index (χ3v) is 4.25. The zero-order chi connectivity index (χ0) is 21.1. The van der Waals surface area contributed by atoms with E-state index < -0.39 is 11.2 Å². The Kier molecular flexibility index (Phi) is 5.38. The molecule has 0 aliphatic heterocycles. The fourth-order valence-corrected chi connectivity index (χ4v) is 2.90. The molecule has 0 bridgehead atoms. The van der Waals surface area contributed by atoms with E-state index in [2.05, 4.69) is 22.7 Å². The summed E-state index contributed by atoms with van der Waals surface area (Å²) in [5.41, 5.74) is -0.272. The van der Waals surface area contributed by atoms with E-state index in [4.69, 9.17) is 11.2 Å². The summed E-state index contributed by atoms with van der Waals surface area (Å²) in [6, 6.07) is 7.13. The van der Waals surface area contributed by atoms with Crippen molar-refractivity contribution in [2.75, 3.05) is 7.11 Å². The average Bonchev–Trinajstić information content (AvgIpc) is 3.06. The SMILES string of the molecule is C#CCn1c(=O)c2c(nc(C#Cc3cccc(OC)c3)n2CC(C)=O)n(C)c1=O. The van der Waals surface area contributed by atoms with Gasteiger partial charge in [-0.1, -0.05) is 17.9 Å². The van der Waals surface area contributed by atoms with Crippen LogP contribution in [-0.4, -0.2) is 31.6 Å². The molecule has 8 heteroatoms. The molecule has 0 saturated heterocycles. The second-order valence-electron chi connectivity index (χ2n) is 6.31. The van der Waals surface area contributed by atoms with E-state index in [0.717, 1.165) is 4.57 Å². The third kappa shape index (κ3) is 3.69. The smallest absolute Gasteiger partial charge is 0.333 e. The Morgan fingerprint density at radius 1 is 1.24 bits per heavy atom. The molecule has 0 atom stereocenters. The van der Waals surface area contributed by atoms with Gasteiger partial charge in [0.05, 0.1) is 20.2 Å². The van der Waals surface area contributed by atoms with Crippen molar-refractivity contribution in [1.82, 2.24) is 18.7 Å². The number of hydrogen-bond donors (Lipinski definition) is 0. The molecular formula is C21H18N4O4. The lowest BCUT2D eigenvalue weighted by Crippen LogP contribution is -2.39. The fraction of sp³-hybridized carbons (Fsp3) is 0.238. The van der Waals surface area contributed by atoms with Crippen LogP contribution >= 0.6 is 0 Å². The molecule has 2 aromatic heterocycles. The van der Waals surface area contributed by atoms with Crippen LogP contribution in [0.25, 0.3) is 11.2 Å². The highest BCUT2D eigenvalue weighted by atomic mass is 16.5. The highest BCUT2D eigenvalue weighted by molar-refractivity contribution is 5.79. The molecule has 0 spiro atoms. The minimum absolute atomic E-state index is 0.104. The number of aryl methyl sites for hydroxylation is 1. The van der Waals surface area contributed by atoms with Gasteiger partial charge in [0.15, 0.2) is 17.0 Å². The largest absolute Gasteiger partial charge is 0.497 e. The van der Waals surface area contributed by atoms with E-state index in [0.29, 0.717) is 11.3 Å². The molecule has 0 aliphatic carbocycles. The van der Waals surface area contributed by atoms with Crippen molar-refractivity contribution in [2.24, 2.45) is 7.05 Å². The first-order chi connectivity index (χ1) is 13.9. The number of fused-ring (bicyclic) bond motifs is 1. The Labute approximate surface area is 166 Å². The molecule has 0 N–H and O–H groups in total. The van der Waals surface area contributed by atoms with E-state index in [1.165, 1.54) is 23.1 Å². The Balaban J connectivity index is 2.29. The van der Waals surface area contributed by atoms with E-state index >= 15 is 0 Å². The lowest BCUT2D eigenvalue weighted by molar-refractivity contribution is -0.117. The molecule has 29 heavy (non-hydrogen) atoms. The molecule has 146 valence electrons. The van der Waals surface area contributed by atoms with Gasteiger partial charge in [0.1, 0.15) is 11.5 Å². The van der Waals surface area contributed by atoms with E-state index in [-0.39, 0.29) is 35.9 Å². The highest BCUT2D eigenvalue weighted by Crippen LogP contribution is 2.13. The second kappa shape index (κ2) is 7.91. The number of hydrogen-bond acceptors (Lipinski definition) is 5. The molecule has 0 unspecified atom stereocenters. The predicted octanol–water partition coefficient (Wildman–Crippen LogP) is 0.527. The van der Waals surface area contributed by atoms with Gasteiger partial charge in [-0.2, -0.15) is 0 Å². The van der Waals surface area contributed by atoms with Crippen LogP contribution < -0.4 is 16.0 Å². The van der Waals surface area contributed by atoms with Crippen molar-refractivity contribution in [1.29, 1.82) is 0 Å². The predicted molar refractivity (Wildman–Crippen MR) is 108 cm³/mol. The maximum atomic E-state index is 12.9. The van der Waals surface area contributed by atoms with Crippen molar-refractivity contribution in [3.05, 3.63) is 56.5 Å². The van der Waals surface area contributed by atoms with Crippen molar-refractivity contribution < 1.29 is 9.53 Å². The lowest BCUT2D eigenvalue weighted by atomic mass is 10.2. The Bertz CT molecular complexity index is 1340. The van der Waals surface area contributed by atoms with E-state index in [1.807, 2.05) is 0 Å². The standard InChI is InChI=1S/C21H18N4O4/c1-5-11-24-20(27)18-19(23(3)21(24)28)22-17(25(18)13-14(2)26)10-9-15-7-6-8-16(12-15)29-4/h1,6-8,12H,11,13H2,2-4H3. The second-order valence-corrected chi connectivity index (χ2v) is 6.31. The van der Waals surface area contributed by atoms with Crippen LogP contribution in [0, 0.1) is 24.2 Å². The number of carbonyl (C=O) groups is 1. The number of carbonyl (C=O) groups excluding carboxylic acids is 1. The quantitative estimate of drug-likeness (QED) is 0.607. The first-order valence-corrected chi connectivity index (χ1v) is 8.66. The molecule has 2 heterocycles. The van der Waals surface area contributed by atoms with Crippen molar-refractivity contribution in [2.45, 2.75) is 20.0 Å². The zero-order valence-electron chi connectivity index (χ0n) is 16.2. The summed E-state index contributed by atoms with van der Waals surface area (Å²) < 4.78 is 8.75. The van der Waals surface area contributed by atoms with Crippen molar-refractivity contribution >= 4 is 16.9 Å². The number of nitrogens with zero attached hydrogens (tertiary/aromatic N) is 4. The van der Waals surface area contributed by atoms with Gasteiger partial charge in [-0.15, -0.1) is 6.42 Å². The Hall–Kier alpha value is -4.04. The minimum Gasteiger partial charge on any atom is -0.497 e. The molecule has 0 fully saturated rings. The first kappa shape index (κ1) is 19.7. The first-order valence-electron chi connectivity index (χ1n) is 8.66. The van der Waals surface area contributed by atoms with Crippen LogP contribution in [-0.2, 0) is 24.9 Å². The highest BCUT2D eigenvalue weighted by Gasteiger charge is 2.20. The number of aromatic nitrogens is 4. The van der Waals surface area contributed by atoms with Gasteiger partial charge in [-0.05, 0) is 31.0 Å². The Morgan fingerprint density at radius 3 is 2.66 bits per heavy atom. The zero-order valence-corrected chi connectivity index (χ0v) is 16.2. The van der Waals surface area contributed by atoms with Gasteiger partial charge < -0.3 is 9.30 Å². The number of methoxy groups -OCH3 is 1. The van der Waals surface area contributed by atoms with Crippen LogP contribution in [0.2, 0.25) is 0 Å². The van der Waals surface area contributed by atoms with Crippen LogP contribution in [0.1, 0.15) is 18.3 Å². The monoisotopic (exact) mass is 390 g/mol. The van der Waals surface area contributed by atoms with Gasteiger partial charge in [0.2, 0.25) is 0 Å². The number of ether oxygens (including phenoxy) is 1. The normalized spacial score (nSPS) is 10.3. The molecule has 3 aromatic rings. The molecular weight excluding hydrogens is 372 g/mol. The molecule has 0 aliphatic rings. The van der Waals surface area contributed by atoms with Gasteiger partial charge in [0.25, 0.3) is 5.56 Å². The number of terminal acetylenes is 1. The lowest BCUT2D eigenvalue weighted by Gasteiger charge is -2.07. The maximum absolute atomic E-state index is 12.9. The Morgan fingerprint density at radius 2 is 2.00 bits per heavy atom. The summed E-state index contributed by atoms with van der Waals surface area (Å²) in [5.74, 6) is 8.79. The van der Waals surface area contributed by atoms with Crippen LogP contribution in [0.5, 0.6) is 5.75 Å². The van der Waals surface area contributed by atoms with Gasteiger partial charge in [-0.25, -0.2) is 14.3 Å². The molecule has 0 amide bonds. The van der Waals surface area contributed by atoms with Gasteiger partial charge in [-0.3, -0.25) is 14.2 Å². The number of Topliss-reactive ketones (excluding diaryl/α,β-unsaturated/α-hetero) is 1. The summed E-state index contributed by atoms with van der Waals surface area (Å²) in [5, 5.41) is 0. The number of imidazole rings is 1. The summed E-state index contributed by atoms with van der Waals surface area (Å²) in [7, 11) is 3.04. The molecule has 8 nitrogen and oxygen atoms in total. The summed E-state index contributed by atoms with van der Waals surface area (Å²) in [6.07, 6.45) is 5.29. The van der Waals surface area contributed by atoms with E-state index in [1.54, 1.807) is 31.4 Å². The third-order valence-electron chi connectivity index (χ3n) is 4.25. The van der Waals surface area contributed by atoms with Crippen LogP contribution in [0.4, 0.5) is 0 Å². The molecule has 1 aromatic carbocycles. The summed E-state index contributed by atoms with van der Waals surface area (Å²) >= 11 is 0. The van der Waals surface area contributed by atoms with Crippen molar-refractivity contribution in [3.63, 3.8) is 0 Å². The topological polar surface area (TPSA) is 88.1 Å². The average molecular weight is 390 g/mol. The van der Waals surface area contributed by atoms with Crippen LogP contribution in [0.15, 0.2) is 33.9 Å². The molecule has 0 saturated carbocycles. The summed E-state index contributed by atoms with van der Waals surface area (Å²) in [4.78, 5) is 41.5. The number of ketones is 1. The maximum Gasteiger partial charge on any atom is 0.333 e. The fourth-order valence-electron chi connectivity index (χ4n) is 2.90. The van der Waals surface area contributed by atoms with Gasteiger partial charge in [0, 0.05) is 12.6 Å². The molecule has 0 radical (unpaired) electrons. The number of rotatable bonds is 4. The van der Waals surface area contributed by atoms with Crippen molar-refractivity contribution in [3.8, 4) is 29.9 Å². The van der Waals surface area contributed by atoms with E-state index in [9.17, 15) is 14.4 Å². The van der Waals surface area contributed by atoms with Gasteiger partial charge >= 0.3 is 5.69 Å².